The number of carbonyl (C=O) groups excluding carboxylic acids is 1. The Morgan fingerprint density at radius 1 is 1.00 bits per heavy atom. The van der Waals surface area contributed by atoms with Gasteiger partial charge in [0.2, 0.25) is 0 Å². The smallest absolute Gasteiger partial charge is 0.328 e. The second-order valence-electron chi connectivity index (χ2n) is 8.02. The lowest BCUT2D eigenvalue weighted by Crippen LogP contribution is -2.19. The molecule has 2 aromatic carbocycles. The van der Waals surface area contributed by atoms with Crippen LogP contribution in [0.25, 0.3) is 0 Å². The maximum atomic E-state index is 12.8. The summed E-state index contributed by atoms with van der Waals surface area (Å²) in [7, 11) is 2.12. The largest absolute Gasteiger partial charge is 0.494 e. The molecular formula is C28H34BrNO6S. The van der Waals surface area contributed by atoms with Gasteiger partial charge in [-0.25, -0.2) is 9.59 Å². The van der Waals surface area contributed by atoms with E-state index < -0.39 is 11.9 Å². The second-order valence-corrected chi connectivity index (χ2v) is 9.79. The first-order valence-corrected chi connectivity index (χ1v) is 13.7. The molecule has 37 heavy (non-hydrogen) atoms. The van der Waals surface area contributed by atoms with E-state index in [1.807, 2.05) is 54.8 Å². The highest BCUT2D eigenvalue weighted by atomic mass is 79.9. The van der Waals surface area contributed by atoms with Crippen LogP contribution in [0.5, 0.6) is 5.75 Å². The van der Waals surface area contributed by atoms with Crippen LogP contribution in [0.15, 0.2) is 76.6 Å². The summed E-state index contributed by atoms with van der Waals surface area (Å²) in [6, 6.07) is 13.2. The number of likely N-dealkylation sites (N-methyl/N-ethyl adjacent to an activating group) is 1. The van der Waals surface area contributed by atoms with Gasteiger partial charge < -0.3 is 19.8 Å². The topological polar surface area (TPSA) is 104 Å². The summed E-state index contributed by atoms with van der Waals surface area (Å²) >= 11 is 4.98. The predicted octanol–water partition coefficient (Wildman–Crippen LogP) is 6.17. The fourth-order valence-electron chi connectivity index (χ4n) is 3.19. The van der Waals surface area contributed by atoms with Crippen molar-refractivity contribution in [2.75, 3.05) is 33.0 Å². The van der Waals surface area contributed by atoms with Crippen molar-refractivity contribution in [3.05, 3.63) is 82.9 Å². The zero-order valence-electron chi connectivity index (χ0n) is 21.2. The number of nitrogens with zero attached hydrogens (tertiary/aromatic N) is 1. The van der Waals surface area contributed by atoms with E-state index in [0.717, 1.165) is 46.6 Å². The number of hydrogen-bond acceptors (Lipinski definition) is 6. The fraction of sp³-hybridized carbons (Fsp3) is 0.321. The van der Waals surface area contributed by atoms with Crippen molar-refractivity contribution < 1.29 is 29.3 Å². The first kappa shape index (κ1) is 32.1. The van der Waals surface area contributed by atoms with E-state index in [1.54, 1.807) is 11.8 Å². The third-order valence-corrected chi connectivity index (χ3v) is 6.34. The van der Waals surface area contributed by atoms with Gasteiger partial charge in [-0.15, -0.1) is 18.3 Å². The molecule has 0 unspecified atom stereocenters. The standard InChI is InChI=1S/C24H30BrNO2S.C4H4O4/c1-4-15-26(2)16-7-5-6-8-17-28-21-13-14-22(23(18-21)29-3)24(27)19-9-11-20(25)12-10-19;5-3(6)1-2-4(7)8/h4,9-14,18H,1,5-8,15-17H2,2-3H3;1-2H,(H,5,6)(H,7,8)/b;2-1+. The monoisotopic (exact) mass is 591 g/mol. The minimum absolute atomic E-state index is 0.0369. The van der Waals surface area contributed by atoms with Crippen LogP contribution < -0.4 is 4.74 Å². The number of carbonyl (C=O) groups is 3. The number of rotatable bonds is 15. The Labute approximate surface area is 231 Å². The van der Waals surface area contributed by atoms with E-state index in [0.29, 0.717) is 24.3 Å². The summed E-state index contributed by atoms with van der Waals surface area (Å²) in [6.07, 6.45) is 9.66. The Kier molecular flexibility index (Phi) is 16.0. The lowest BCUT2D eigenvalue weighted by atomic mass is 10.0. The maximum Gasteiger partial charge on any atom is 0.328 e. The highest BCUT2D eigenvalue weighted by molar-refractivity contribution is 9.10. The van der Waals surface area contributed by atoms with Crippen LogP contribution in [0, 0.1) is 0 Å². The van der Waals surface area contributed by atoms with E-state index in [-0.39, 0.29) is 5.78 Å². The number of unbranched alkanes of at least 4 members (excludes halogenated alkanes) is 3. The van der Waals surface area contributed by atoms with Gasteiger partial charge >= 0.3 is 11.9 Å². The Balaban J connectivity index is 0.000000738. The first-order chi connectivity index (χ1) is 17.7. The van der Waals surface area contributed by atoms with Gasteiger partial charge in [0, 0.05) is 39.2 Å². The number of carboxylic acid groups (broad SMARTS) is 2. The fourth-order valence-corrected chi connectivity index (χ4v) is 4.07. The summed E-state index contributed by atoms with van der Waals surface area (Å²) in [6.45, 7) is 6.52. The molecule has 0 heterocycles. The van der Waals surface area contributed by atoms with Gasteiger partial charge in [-0.2, -0.15) is 0 Å². The molecule has 0 amide bonds. The van der Waals surface area contributed by atoms with Gasteiger partial charge in [0.25, 0.3) is 0 Å². The summed E-state index contributed by atoms with van der Waals surface area (Å²) in [4.78, 5) is 35.2. The zero-order chi connectivity index (χ0) is 27.6. The molecule has 0 aliphatic heterocycles. The van der Waals surface area contributed by atoms with Gasteiger partial charge in [0.1, 0.15) is 5.75 Å². The molecule has 0 saturated carbocycles. The lowest BCUT2D eigenvalue weighted by Gasteiger charge is -2.13. The van der Waals surface area contributed by atoms with Crippen molar-refractivity contribution in [2.45, 2.75) is 30.6 Å². The molecule has 2 N–H and O–H groups in total. The highest BCUT2D eigenvalue weighted by Crippen LogP contribution is 2.28. The molecule has 0 saturated heterocycles. The minimum atomic E-state index is -1.26. The highest BCUT2D eigenvalue weighted by Gasteiger charge is 2.14. The molecule has 0 aliphatic rings. The molecule has 9 heteroatoms. The average molecular weight is 593 g/mol. The van der Waals surface area contributed by atoms with Gasteiger partial charge in [-0.3, -0.25) is 4.79 Å². The number of hydrogen-bond donors (Lipinski definition) is 2. The minimum Gasteiger partial charge on any atom is -0.494 e. The number of halogens is 1. The van der Waals surface area contributed by atoms with Crippen molar-refractivity contribution in [1.29, 1.82) is 0 Å². The van der Waals surface area contributed by atoms with E-state index in [4.69, 9.17) is 14.9 Å². The first-order valence-electron chi connectivity index (χ1n) is 11.7. The molecule has 200 valence electrons. The van der Waals surface area contributed by atoms with Crippen molar-refractivity contribution in [3.63, 3.8) is 0 Å². The van der Waals surface area contributed by atoms with E-state index in [2.05, 4.69) is 34.5 Å². The number of carboxylic acids is 2. The number of ketones is 1. The van der Waals surface area contributed by atoms with Crippen LogP contribution in [0.3, 0.4) is 0 Å². The molecule has 0 bridgehead atoms. The van der Waals surface area contributed by atoms with Gasteiger partial charge in [0.05, 0.1) is 6.61 Å². The third-order valence-electron chi connectivity index (χ3n) is 5.04. The summed E-state index contributed by atoms with van der Waals surface area (Å²) in [5, 5.41) is 15.6. The molecule has 0 atom stereocenters. The van der Waals surface area contributed by atoms with Crippen LogP contribution in [0.2, 0.25) is 0 Å². The van der Waals surface area contributed by atoms with Gasteiger partial charge in [-0.05, 0) is 75.2 Å². The summed E-state index contributed by atoms with van der Waals surface area (Å²) in [5.74, 6) is -1.65. The average Bonchev–Trinajstić information content (AvgIpc) is 2.87. The molecule has 7 nitrogen and oxygen atoms in total. The SMILES string of the molecule is C=CCN(C)CCCCCCOc1ccc(C(=O)c2ccc(Br)cc2)c(SC)c1.O=C(O)/C=C/C(=O)O. The van der Waals surface area contributed by atoms with Crippen LogP contribution in [0.1, 0.15) is 41.6 Å². The molecule has 0 aliphatic carbocycles. The van der Waals surface area contributed by atoms with Crippen LogP contribution >= 0.6 is 27.7 Å². The second kappa shape index (κ2) is 18.4. The predicted molar refractivity (Wildman–Crippen MR) is 152 cm³/mol. The molecule has 2 rings (SSSR count). The van der Waals surface area contributed by atoms with Crippen LogP contribution in [0.4, 0.5) is 0 Å². The van der Waals surface area contributed by atoms with Crippen molar-refractivity contribution >= 4 is 45.4 Å². The molecule has 0 spiro atoms. The van der Waals surface area contributed by atoms with E-state index in [9.17, 15) is 14.4 Å². The number of benzene rings is 2. The Bertz CT molecular complexity index is 1040. The Hall–Kier alpha value is -2.88. The summed E-state index contributed by atoms with van der Waals surface area (Å²) in [5.41, 5.74) is 1.41. The number of aliphatic carboxylic acids is 2. The normalized spacial score (nSPS) is 10.6. The van der Waals surface area contributed by atoms with Gasteiger partial charge in [0.15, 0.2) is 5.78 Å². The van der Waals surface area contributed by atoms with E-state index >= 15 is 0 Å². The summed E-state index contributed by atoms with van der Waals surface area (Å²) < 4.78 is 6.88. The van der Waals surface area contributed by atoms with Crippen LogP contribution in [-0.2, 0) is 9.59 Å². The van der Waals surface area contributed by atoms with Crippen LogP contribution in [-0.4, -0.2) is 65.8 Å². The zero-order valence-corrected chi connectivity index (χ0v) is 23.6. The molecule has 2 aromatic rings. The quantitative estimate of drug-likeness (QED) is 0.0832. The molecular weight excluding hydrogens is 558 g/mol. The molecule has 0 radical (unpaired) electrons. The number of thioether (sulfide) groups is 1. The molecule has 0 aromatic heterocycles. The Morgan fingerprint density at radius 3 is 2.19 bits per heavy atom. The van der Waals surface area contributed by atoms with Crippen molar-refractivity contribution in [2.24, 2.45) is 0 Å². The van der Waals surface area contributed by atoms with Gasteiger partial charge in [-0.1, -0.05) is 34.8 Å². The van der Waals surface area contributed by atoms with Crippen molar-refractivity contribution in [1.82, 2.24) is 4.90 Å². The maximum absolute atomic E-state index is 12.8. The Morgan fingerprint density at radius 2 is 1.62 bits per heavy atom. The lowest BCUT2D eigenvalue weighted by molar-refractivity contribution is -0.134. The van der Waals surface area contributed by atoms with Crippen molar-refractivity contribution in [3.8, 4) is 5.75 Å². The molecule has 0 fully saturated rings. The number of ether oxygens (including phenoxy) is 1. The van der Waals surface area contributed by atoms with E-state index in [1.165, 1.54) is 12.8 Å². The third kappa shape index (κ3) is 13.9.